The zero-order chi connectivity index (χ0) is 15.1. The summed E-state index contributed by atoms with van der Waals surface area (Å²) in [5.74, 6) is 0.826. The van der Waals surface area contributed by atoms with E-state index in [1.54, 1.807) is 7.11 Å². The molecule has 3 N–H and O–H groups in total. The van der Waals surface area contributed by atoms with Gasteiger partial charge in [0.1, 0.15) is 18.2 Å². The maximum absolute atomic E-state index is 7.63. The highest BCUT2D eigenvalue weighted by Gasteiger charge is 2.08. The van der Waals surface area contributed by atoms with Gasteiger partial charge in [-0.1, -0.05) is 24.3 Å². The Bertz CT molecular complexity index is 613. The maximum atomic E-state index is 7.63. The zero-order valence-corrected chi connectivity index (χ0v) is 12.1. The number of fused-ring (bicyclic) bond motifs is 1. The van der Waals surface area contributed by atoms with Crippen LogP contribution in [0.2, 0.25) is 0 Å². The first-order chi connectivity index (χ1) is 10.2. The van der Waals surface area contributed by atoms with Crippen molar-refractivity contribution in [2.24, 2.45) is 5.73 Å². The fourth-order valence-corrected chi connectivity index (χ4v) is 2.09. The molecular formula is C16H20N2O3. The smallest absolute Gasteiger partial charge is 0.127 e. The van der Waals surface area contributed by atoms with Crippen molar-refractivity contribution in [2.45, 2.75) is 0 Å². The second-order valence-corrected chi connectivity index (χ2v) is 4.52. The lowest BCUT2D eigenvalue weighted by Gasteiger charge is -2.12. The van der Waals surface area contributed by atoms with Gasteiger partial charge in [-0.15, -0.1) is 0 Å². The van der Waals surface area contributed by atoms with Crippen molar-refractivity contribution in [3.8, 4) is 5.75 Å². The highest BCUT2D eigenvalue weighted by Crippen LogP contribution is 2.28. The predicted molar refractivity (Wildman–Crippen MR) is 83.2 cm³/mol. The summed E-state index contributed by atoms with van der Waals surface area (Å²) < 4.78 is 16.0. The van der Waals surface area contributed by atoms with Crippen LogP contribution >= 0.6 is 0 Å². The van der Waals surface area contributed by atoms with Crippen molar-refractivity contribution < 1.29 is 14.2 Å². The third-order valence-corrected chi connectivity index (χ3v) is 3.09. The zero-order valence-electron chi connectivity index (χ0n) is 12.1. The van der Waals surface area contributed by atoms with Gasteiger partial charge in [-0.05, 0) is 17.5 Å². The van der Waals surface area contributed by atoms with Crippen LogP contribution in [0.1, 0.15) is 5.56 Å². The number of nitrogens with two attached hydrogens (primary N) is 1. The van der Waals surface area contributed by atoms with Gasteiger partial charge < -0.3 is 19.9 Å². The molecule has 2 rings (SSSR count). The molecule has 0 heterocycles. The standard InChI is InChI=1S/C16H20N2O3/c1-19-8-9-20-10-11-21-15-7-6-14(16(17)18)12-4-2-3-5-13(12)15/h2-7H,8-11H2,1H3,(H3,17,18). The topological polar surface area (TPSA) is 77.6 Å². The summed E-state index contributed by atoms with van der Waals surface area (Å²) in [5, 5.41) is 9.49. The fourth-order valence-electron chi connectivity index (χ4n) is 2.09. The van der Waals surface area contributed by atoms with E-state index in [2.05, 4.69) is 0 Å². The van der Waals surface area contributed by atoms with Crippen molar-refractivity contribution in [3.63, 3.8) is 0 Å². The average Bonchev–Trinajstić information content (AvgIpc) is 2.50. The number of nitrogens with one attached hydrogen (secondary N) is 1. The van der Waals surface area contributed by atoms with Gasteiger partial charge in [-0.3, -0.25) is 5.41 Å². The predicted octanol–water partition coefficient (Wildman–Crippen LogP) is 2.17. The molecule has 0 aromatic heterocycles. The first-order valence-corrected chi connectivity index (χ1v) is 6.79. The minimum atomic E-state index is 0.0562. The summed E-state index contributed by atoms with van der Waals surface area (Å²) in [4.78, 5) is 0. The molecule has 5 heteroatoms. The Balaban J connectivity index is 2.07. The third kappa shape index (κ3) is 3.93. The van der Waals surface area contributed by atoms with E-state index in [-0.39, 0.29) is 5.84 Å². The molecule has 0 aliphatic rings. The van der Waals surface area contributed by atoms with Crippen LogP contribution < -0.4 is 10.5 Å². The molecule has 2 aromatic carbocycles. The van der Waals surface area contributed by atoms with E-state index >= 15 is 0 Å². The summed E-state index contributed by atoms with van der Waals surface area (Å²) in [5.41, 5.74) is 6.33. The number of nitrogen functional groups attached to an aromatic ring is 1. The minimum absolute atomic E-state index is 0.0562. The van der Waals surface area contributed by atoms with Gasteiger partial charge in [0.25, 0.3) is 0 Å². The highest BCUT2D eigenvalue weighted by molar-refractivity contribution is 6.09. The lowest BCUT2D eigenvalue weighted by molar-refractivity contribution is 0.0547. The monoisotopic (exact) mass is 288 g/mol. The van der Waals surface area contributed by atoms with Crippen LogP contribution in [0.15, 0.2) is 36.4 Å². The number of amidine groups is 1. The quantitative estimate of drug-likeness (QED) is 0.443. The van der Waals surface area contributed by atoms with Crippen molar-refractivity contribution in [1.82, 2.24) is 0 Å². The normalized spacial score (nSPS) is 10.7. The lowest BCUT2D eigenvalue weighted by atomic mass is 10.0. The van der Waals surface area contributed by atoms with E-state index in [4.69, 9.17) is 25.4 Å². The first-order valence-electron chi connectivity index (χ1n) is 6.79. The number of rotatable bonds is 8. The van der Waals surface area contributed by atoms with Crippen molar-refractivity contribution in [2.75, 3.05) is 33.5 Å². The Morgan fingerprint density at radius 1 is 1.00 bits per heavy atom. The molecule has 0 bridgehead atoms. The number of ether oxygens (including phenoxy) is 3. The molecule has 112 valence electrons. The van der Waals surface area contributed by atoms with Crippen LogP contribution in [0.4, 0.5) is 0 Å². The lowest BCUT2D eigenvalue weighted by Crippen LogP contribution is -2.12. The van der Waals surface area contributed by atoms with Crippen molar-refractivity contribution in [3.05, 3.63) is 42.0 Å². The number of hydrogen-bond donors (Lipinski definition) is 2. The Kier molecular flexibility index (Phi) is 5.54. The summed E-state index contributed by atoms with van der Waals surface area (Å²) in [6, 6.07) is 11.4. The molecule has 21 heavy (non-hydrogen) atoms. The van der Waals surface area contributed by atoms with Crippen LogP contribution in [0, 0.1) is 5.41 Å². The van der Waals surface area contributed by atoms with Crippen LogP contribution in [-0.2, 0) is 9.47 Å². The molecule has 5 nitrogen and oxygen atoms in total. The van der Waals surface area contributed by atoms with Crippen LogP contribution in [-0.4, -0.2) is 39.4 Å². The Morgan fingerprint density at radius 3 is 2.43 bits per heavy atom. The molecule has 0 amide bonds. The van der Waals surface area contributed by atoms with Gasteiger partial charge in [0, 0.05) is 18.1 Å². The fraction of sp³-hybridized carbons (Fsp3) is 0.312. The van der Waals surface area contributed by atoms with E-state index in [1.165, 1.54) is 0 Å². The first kappa shape index (κ1) is 15.3. The van der Waals surface area contributed by atoms with Gasteiger partial charge in [0.15, 0.2) is 0 Å². The number of methoxy groups -OCH3 is 1. The van der Waals surface area contributed by atoms with Gasteiger partial charge in [0.05, 0.1) is 19.8 Å². The molecule has 2 aromatic rings. The van der Waals surface area contributed by atoms with E-state index in [0.717, 1.165) is 16.5 Å². The Hall–Kier alpha value is -2.11. The molecule has 0 radical (unpaired) electrons. The molecule has 0 fully saturated rings. The van der Waals surface area contributed by atoms with E-state index in [1.807, 2.05) is 36.4 Å². The Labute approximate surface area is 124 Å². The Morgan fingerprint density at radius 2 is 1.71 bits per heavy atom. The molecule has 0 unspecified atom stereocenters. The average molecular weight is 288 g/mol. The highest BCUT2D eigenvalue weighted by atomic mass is 16.5. The molecule has 0 aliphatic heterocycles. The summed E-state index contributed by atoms with van der Waals surface area (Å²) in [7, 11) is 1.64. The van der Waals surface area contributed by atoms with E-state index < -0.39 is 0 Å². The van der Waals surface area contributed by atoms with Crippen LogP contribution in [0.3, 0.4) is 0 Å². The van der Waals surface area contributed by atoms with Crippen LogP contribution in [0.25, 0.3) is 10.8 Å². The second kappa shape index (κ2) is 7.61. The SMILES string of the molecule is COCCOCCOc1ccc(C(=N)N)c2ccccc12. The molecule has 0 aliphatic carbocycles. The molecular weight excluding hydrogens is 268 g/mol. The molecule has 0 saturated carbocycles. The summed E-state index contributed by atoms with van der Waals surface area (Å²) in [6.45, 7) is 2.11. The van der Waals surface area contributed by atoms with Crippen molar-refractivity contribution >= 4 is 16.6 Å². The van der Waals surface area contributed by atoms with E-state index in [0.29, 0.717) is 32.0 Å². The summed E-state index contributed by atoms with van der Waals surface area (Å²) in [6.07, 6.45) is 0. The minimum Gasteiger partial charge on any atom is -0.491 e. The van der Waals surface area contributed by atoms with E-state index in [9.17, 15) is 0 Å². The van der Waals surface area contributed by atoms with Gasteiger partial charge >= 0.3 is 0 Å². The summed E-state index contributed by atoms with van der Waals surface area (Å²) >= 11 is 0. The molecule has 0 spiro atoms. The van der Waals surface area contributed by atoms with Gasteiger partial charge in [0.2, 0.25) is 0 Å². The van der Waals surface area contributed by atoms with Crippen molar-refractivity contribution in [1.29, 1.82) is 5.41 Å². The number of hydrogen-bond acceptors (Lipinski definition) is 4. The third-order valence-electron chi connectivity index (χ3n) is 3.09. The largest absolute Gasteiger partial charge is 0.491 e. The number of benzene rings is 2. The van der Waals surface area contributed by atoms with Gasteiger partial charge in [-0.2, -0.15) is 0 Å². The molecule has 0 atom stereocenters. The van der Waals surface area contributed by atoms with Crippen LogP contribution in [0.5, 0.6) is 5.75 Å². The molecule has 0 saturated heterocycles. The van der Waals surface area contributed by atoms with Gasteiger partial charge in [-0.25, -0.2) is 0 Å². The maximum Gasteiger partial charge on any atom is 0.127 e. The second-order valence-electron chi connectivity index (χ2n) is 4.52.